The number of amides is 1. The summed E-state index contributed by atoms with van der Waals surface area (Å²) >= 11 is 7.87. The number of anilines is 2. The first kappa shape index (κ1) is 33.8. The van der Waals surface area contributed by atoms with Crippen molar-refractivity contribution in [1.29, 1.82) is 0 Å². The molecule has 0 atom stereocenters. The smallest absolute Gasteiger partial charge is 0.253 e. The third-order valence-electron chi connectivity index (χ3n) is 9.19. The first-order chi connectivity index (χ1) is 23.3. The summed E-state index contributed by atoms with van der Waals surface area (Å²) in [6, 6.07) is 25.3. The lowest BCUT2D eigenvalue weighted by molar-refractivity contribution is 0.0942. The molecule has 250 valence electrons. The fraction of sp³-hybridized carbons (Fsp3) is 0.342. The molecule has 1 amide bonds. The van der Waals surface area contributed by atoms with E-state index in [1.807, 2.05) is 68.4 Å². The first-order valence-electron chi connectivity index (χ1n) is 16.5. The van der Waals surface area contributed by atoms with Crippen LogP contribution in [0.2, 0.25) is 5.02 Å². The van der Waals surface area contributed by atoms with Crippen molar-refractivity contribution in [3.63, 3.8) is 0 Å². The van der Waals surface area contributed by atoms with Gasteiger partial charge in [0, 0.05) is 72.1 Å². The maximum Gasteiger partial charge on any atom is 0.253 e. The number of nitrogens with zero attached hydrogens (tertiary/aromatic N) is 4. The molecule has 0 spiro atoms. The second kappa shape index (κ2) is 15.4. The van der Waals surface area contributed by atoms with Gasteiger partial charge in [0.05, 0.1) is 11.1 Å². The normalized spacial score (nSPS) is 16.2. The number of hydrogen-bond acceptors (Lipinski definition) is 6. The summed E-state index contributed by atoms with van der Waals surface area (Å²) in [7, 11) is 4.01. The Morgan fingerprint density at radius 3 is 2.50 bits per heavy atom. The summed E-state index contributed by atoms with van der Waals surface area (Å²) in [5.74, 6) is 2.90. The lowest BCUT2D eigenvalue weighted by Crippen LogP contribution is -2.34. The molecule has 2 N–H and O–H groups in total. The van der Waals surface area contributed by atoms with Crippen LogP contribution >= 0.6 is 23.4 Å². The Kier molecular flexibility index (Phi) is 10.9. The number of aromatic nitrogens is 3. The van der Waals surface area contributed by atoms with Gasteiger partial charge in [-0.05, 0) is 74.4 Å². The lowest BCUT2D eigenvalue weighted by atomic mass is 9.86. The van der Waals surface area contributed by atoms with Crippen LogP contribution in [0.25, 0.3) is 22.2 Å². The summed E-state index contributed by atoms with van der Waals surface area (Å²) in [5.41, 5.74) is 5.14. The zero-order valence-corrected chi connectivity index (χ0v) is 29.3. The van der Waals surface area contributed by atoms with E-state index in [0.29, 0.717) is 52.9 Å². The molecule has 7 nitrogen and oxygen atoms in total. The highest BCUT2D eigenvalue weighted by Gasteiger charge is 2.24. The van der Waals surface area contributed by atoms with Gasteiger partial charge in [0.2, 0.25) is 5.95 Å². The third kappa shape index (κ3) is 7.79. The minimum atomic E-state index is -0.279. The molecule has 1 aliphatic rings. The largest absolute Gasteiger partial charge is 0.362 e. The molecule has 2 heterocycles. The molecule has 1 aliphatic carbocycles. The summed E-state index contributed by atoms with van der Waals surface area (Å²) < 4.78 is 16.5. The Balaban J connectivity index is 1.06. The van der Waals surface area contributed by atoms with E-state index in [1.165, 1.54) is 6.07 Å². The average molecular weight is 685 g/mol. The van der Waals surface area contributed by atoms with Gasteiger partial charge in [0.1, 0.15) is 11.6 Å². The molecule has 0 saturated heterocycles. The number of carbonyl (C=O) groups is 1. The summed E-state index contributed by atoms with van der Waals surface area (Å²) in [4.78, 5) is 25.2. The number of halogens is 2. The molecule has 1 saturated carbocycles. The predicted octanol–water partition coefficient (Wildman–Crippen LogP) is 8.60. The van der Waals surface area contributed by atoms with Crippen LogP contribution in [0.5, 0.6) is 0 Å². The van der Waals surface area contributed by atoms with Gasteiger partial charge in [-0.2, -0.15) is 16.7 Å². The number of hydrogen-bond donors (Lipinski definition) is 2. The highest BCUT2D eigenvalue weighted by Crippen LogP contribution is 2.30. The third-order valence-corrected chi connectivity index (χ3v) is 10.5. The zero-order valence-electron chi connectivity index (χ0n) is 27.7. The molecule has 48 heavy (non-hydrogen) atoms. The molecular weight excluding hydrogens is 643 g/mol. The van der Waals surface area contributed by atoms with Gasteiger partial charge in [0.15, 0.2) is 0 Å². The van der Waals surface area contributed by atoms with E-state index in [1.54, 1.807) is 23.9 Å². The summed E-state index contributed by atoms with van der Waals surface area (Å²) in [5, 5.41) is 8.31. The van der Waals surface area contributed by atoms with E-state index in [0.717, 1.165) is 65.1 Å². The first-order valence-corrected chi connectivity index (χ1v) is 18.1. The Morgan fingerprint density at radius 2 is 1.75 bits per heavy atom. The maximum absolute atomic E-state index is 14.3. The number of thioether (sulfide) groups is 1. The minimum Gasteiger partial charge on any atom is -0.362 e. The van der Waals surface area contributed by atoms with Crippen LogP contribution in [-0.2, 0) is 12.3 Å². The van der Waals surface area contributed by atoms with Crippen LogP contribution in [0.4, 0.5) is 16.2 Å². The standard InChI is InChI=1S/C38H42ClFN6OS/c1-25-30(22-35(27-10-5-4-6-11-27)46(25)20-21-48-24-31-32(39)13-9-14-33(31)40)37(47)41-23-26-16-18-28(19-17-26)42-38-43-34-15-8-7-12-29(34)36(44-38)45(2)3/h4-15,22,26,28H,16-21,23-24H2,1-3H3,(H,41,47)(H,42,43,44)/t26-,28+. The van der Waals surface area contributed by atoms with Crippen molar-refractivity contribution in [3.05, 3.63) is 107 Å². The van der Waals surface area contributed by atoms with E-state index < -0.39 is 0 Å². The van der Waals surface area contributed by atoms with Crippen molar-refractivity contribution < 1.29 is 9.18 Å². The van der Waals surface area contributed by atoms with E-state index in [2.05, 4.69) is 33.4 Å². The average Bonchev–Trinajstić information content (AvgIpc) is 3.42. The number of nitrogens with one attached hydrogen (secondary N) is 2. The number of para-hydroxylation sites is 1. The molecule has 1 fully saturated rings. The Morgan fingerprint density at radius 1 is 1.00 bits per heavy atom. The Hall–Kier alpha value is -4.08. The maximum atomic E-state index is 14.3. The minimum absolute atomic E-state index is 0.0461. The lowest BCUT2D eigenvalue weighted by Gasteiger charge is -2.29. The molecule has 0 unspecified atom stereocenters. The van der Waals surface area contributed by atoms with Crippen molar-refractivity contribution >= 4 is 51.9 Å². The van der Waals surface area contributed by atoms with Crippen LogP contribution in [-0.4, -0.2) is 52.9 Å². The number of carbonyl (C=O) groups excluding carboxylic acids is 1. The zero-order chi connectivity index (χ0) is 33.6. The fourth-order valence-electron chi connectivity index (χ4n) is 6.50. The number of fused-ring (bicyclic) bond motifs is 1. The molecular formula is C38H42ClFN6OS. The van der Waals surface area contributed by atoms with Crippen molar-refractivity contribution in [1.82, 2.24) is 19.9 Å². The van der Waals surface area contributed by atoms with Crippen molar-refractivity contribution in [2.24, 2.45) is 5.92 Å². The second-order valence-corrected chi connectivity index (χ2v) is 14.2. The van der Waals surface area contributed by atoms with Crippen LogP contribution < -0.4 is 15.5 Å². The van der Waals surface area contributed by atoms with Gasteiger partial charge in [-0.25, -0.2) is 9.37 Å². The van der Waals surface area contributed by atoms with Crippen LogP contribution in [0.3, 0.4) is 0 Å². The highest BCUT2D eigenvalue weighted by molar-refractivity contribution is 7.98. The molecule has 0 bridgehead atoms. The van der Waals surface area contributed by atoms with Crippen molar-refractivity contribution in [3.8, 4) is 11.3 Å². The number of benzene rings is 3. The van der Waals surface area contributed by atoms with E-state index in [-0.39, 0.29) is 11.7 Å². The molecule has 5 aromatic rings. The molecule has 3 aromatic carbocycles. The second-order valence-electron chi connectivity index (χ2n) is 12.7. The van der Waals surface area contributed by atoms with Crippen LogP contribution in [0.1, 0.15) is 47.3 Å². The molecule has 2 aromatic heterocycles. The Bertz CT molecular complexity index is 1850. The summed E-state index contributed by atoms with van der Waals surface area (Å²) in [6.45, 7) is 3.34. The van der Waals surface area contributed by atoms with Gasteiger partial charge in [-0.3, -0.25) is 4.79 Å². The van der Waals surface area contributed by atoms with Gasteiger partial charge >= 0.3 is 0 Å². The molecule has 0 aliphatic heterocycles. The fourth-order valence-corrected chi connectivity index (χ4v) is 7.77. The van der Waals surface area contributed by atoms with Crippen molar-refractivity contribution in [2.45, 2.75) is 50.9 Å². The quantitative estimate of drug-likeness (QED) is 0.128. The van der Waals surface area contributed by atoms with Crippen LogP contribution in [0, 0.1) is 18.7 Å². The Labute approximate surface area is 291 Å². The van der Waals surface area contributed by atoms with E-state index >= 15 is 0 Å². The molecule has 6 rings (SSSR count). The van der Waals surface area contributed by atoms with E-state index in [4.69, 9.17) is 21.6 Å². The number of rotatable bonds is 12. The van der Waals surface area contributed by atoms with Gasteiger partial charge in [0.25, 0.3) is 5.91 Å². The highest BCUT2D eigenvalue weighted by atomic mass is 35.5. The van der Waals surface area contributed by atoms with Gasteiger partial charge in [-0.1, -0.05) is 60.1 Å². The molecule has 10 heteroatoms. The predicted molar refractivity (Wildman–Crippen MR) is 198 cm³/mol. The molecule has 0 radical (unpaired) electrons. The monoisotopic (exact) mass is 684 g/mol. The van der Waals surface area contributed by atoms with Gasteiger partial charge < -0.3 is 20.1 Å². The van der Waals surface area contributed by atoms with Crippen molar-refractivity contribution in [2.75, 3.05) is 36.6 Å². The summed E-state index contributed by atoms with van der Waals surface area (Å²) in [6.07, 6.45) is 4.03. The topological polar surface area (TPSA) is 75.1 Å². The van der Waals surface area contributed by atoms with Gasteiger partial charge in [-0.15, -0.1) is 0 Å². The van der Waals surface area contributed by atoms with Crippen LogP contribution in [0.15, 0.2) is 78.9 Å². The SMILES string of the molecule is Cc1c(C(=O)NC[C@H]2CC[C@@H](Nc3nc(N(C)C)c4ccccc4n3)CC2)cc(-c2ccccc2)n1CCSCc1c(F)cccc1Cl. The van der Waals surface area contributed by atoms with E-state index in [9.17, 15) is 9.18 Å².